The minimum atomic E-state index is -0.206. The molecule has 0 aromatic heterocycles. The Balaban J connectivity index is 1.28. The molecule has 0 atom stereocenters. The molecule has 0 bridgehead atoms. The van der Waals surface area contributed by atoms with Gasteiger partial charge in [-0.1, -0.05) is 42.0 Å². The number of hydrogen-bond donors (Lipinski definition) is 2. The van der Waals surface area contributed by atoms with Crippen LogP contribution in [0.5, 0.6) is 23.0 Å². The molecule has 2 amide bonds. The molecule has 2 heterocycles. The van der Waals surface area contributed by atoms with Crippen LogP contribution in [-0.4, -0.2) is 25.7 Å². The summed E-state index contributed by atoms with van der Waals surface area (Å²) in [6.07, 6.45) is 1.28. The average molecular weight is 447 g/mol. The second-order valence-corrected chi connectivity index (χ2v) is 8.29. The molecule has 170 valence electrons. The molecule has 2 aliphatic heterocycles. The normalized spacial score (nSPS) is 13.3. The molecule has 33 heavy (non-hydrogen) atoms. The number of rotatable bonds is 7. The molecule has 0 radical (unpaired) electrons. The Bertz CT molecular complexity index is 1090. The van der Waals surface area contributed by atoms with E-state index in [2.05, 4.69) is 10.6 Å². The third-order valence-corrected chi connectivity index (χ3v) is 5.75. The van der Waals surface area contributed by atoms with Gasteiger partial charge in [0.1, 0.15) is 0 Å². The molecular weight excluding hydrogens is 420 g/mol. The van der Waals surface area contributed by atoms with Crippen LogP contribution in [0.4, 0.5) is 4.79 Å². The highest BCUT2D eigenvalue weighted by Crippen LogP contribution is 2.34. The van der Waals surface area contributed by atoms with Crippen LogP contribution in [-0.2, 0) is 19.4 Å². The van der Waals surface area contributed by atoms with E-state index in [4.69, 9.17) is 18.9 Å². The van der Waals surface area contributed by atoms with E-state index < -0.39 is 0 Å². The van der Waals surface area contributed by atoms with Gasteiger partial charge in [0.2, 0.25) is 13.6 Å². The maximum atomic E-state index is 12.7. The van der Waals surface area contributed by atoms with E-state index >= 15 is 0 Å². The molecule has 2 N–H and O–H groups in total. The van der Waals surface area contributed by atoms with Crippen molar-refractivity contribution in [1.82, 2.24) is 10.6 Å². The van der Waals surface area contributed by atoms with Crippen LogP contribution in [0.1, 0.15) is 22.3 Å². The molecule has 3 aromatic rings. The Kier molecular flexibility index (Phi) is 5.93. The van der Waals surface area contributed by atoms with Gasteiger partial charge in [-0.05, 0) is 60.7 Å². The lowest BCUT2D eigenvalue weighted by atomic mass is 9.98. The summed E-state index contributed by atoms with van der Waals surface area (Å²) < 4.78 is 21.9. The molecule has 7 heteroatoms. The van der Waals surface area contributed by atoms with Crippen molar-refractivity contribution >= 4 is 6.03 Å². The first-order valence-corrected chi connectivity index (χ1v) is 11.0. The average Bonchev–Trinajstić information content (AvgIpc) is 3.47. The Morgan fingerprint density at radius 2 is 1.27 bits per heavy atom. The lowest BCUT2D eigenvalue weighted by Gasteiger charge is -2.20. The summed E-state index contributed by atoms with van der Waals surface area (Å²) >= 11 is 0. The molecule has 0 aliphatic carbocycles. The molecular formula is C26H26N2O5. The van der Waals surface area contributed by atoms with E-state index in [1.807, 2.05) is 67.6 Å². The molecule has 2 aliphatic rings. The van der Waals surface area contributed by atoms with Crippen molar-refractivity contribution in [2.24, 2.45) is 0 Å². The number of benzene rings is 3. The zero-order valence-corrected chi connectivity index (χ0v) is 18.4. The summed E-state index contributed by atoms with van der Waals surface area (Å²) in [7, 11) is 0. The number of nitrogens with one attached hydrogen (secondary N) is 2. The van der Waals surface area contributed by atoms with E-state index in [0.29, 0.717) is 19.4 Å². The van der Waals surface area contributed by atoms with Crippen LogP contribution in [0.15, 0.2) is 60.7 Å². The van der Waals surface area contributed by atoms with Gasteiger partial charge in [-0.3, -0.25) is 0 Å². The Morgan fingerprint density at radius 1 is 0.758 bits per heavy atom. The van der Waals surface area contributed by atoms with Crippen LogP contribution in [0.25, 0.3) is 0 Å². The van der Waals surface area contributed by atoms with E-state index in [-0.39, 0.29) is 25.7 Å². The summed E-state index contributed by atoms with van der Waals surface area (Å²) in [4.78, 5) is 12.7. The smallest absolute Gasteiger partial charge is 0.315 e. The van der Waals surface area contributed by atoms with Crippen LogP contribution in [0.2, 0.25) is 0 Å². The number of fused-ring (bicyclic) bond motifs is 2. The van der Waals surface area contributed by atoms with Gasteiger partial charge in [0.05, 0.1) is 0 Å². The molecule has 3 aromatic carbocycles. The molecule has 0 unspecified atom stereocenters. The van der Waals surface area contributed by atoms with Gasteiger partial charge in [0.25, 0.3) is 0 Å². The number of aryl methyl sites for hydroxylation is 1. The van der Waals surface area contributed by atoms with Crippen molar-refractivity contribution in [3.05, 3.63) is 82.9 Å². The first-order chi connectivity index (χ1) is 16.1. The van der Waals surface area contributed by atoms with Crippen molar-refractivity contribution in [2.45, 2.75) is 32.4 Å². The maximum absolute atomic E-state index is 12.7. The summed E-state index contributed by atoms with van der Waals surface area (Å²) in [5.41, 5.74) is 4.36. The molecule has 5 rings (SSSR count). The van der Waals surface area contributed by atoms with Crippen LogP contribution in [0.3, 0.4) is 0 Å². The number of amides is 2. The second kappa shape index (κ2) is 9.32. The zero-order valence-electron chi connectivity index (χ0n) is 18.4. The number of urea groups is 1. The van der Waals surface area contributed by atoms with Crippen molar-refractivity contribution in [3.8, 4) is 23.0 Å². The quantitative estimate of drug-likeness (QED) is 0.571. The first kappa shape index (κ1) is 21.0. The lowest BCUT2D eigenvalue weighted by Crippen LogP contribution is -2.43. The highest BCUT2D eigenvalue weighted by atomic mass is 16.7. The molecule has 0 saturated carbocycles. The van der Waals surface area contributed by atoms with Crippen molar-refractivity contribution in [1.29, 1.82) is 0 Å². The summed E-state index contributed by atoms with van der Waals surface area (Å²) in [6.45, 7) is 2.98. The number of hydrogen-bond acceptors (Lipinski definition) is 5. The van der Waals surface area contributed by atoms with Crippen molar-refractivity contribution in [3.63, 3.8) is 0 Å². The topological polar surface area (TPSA) is 78.1 Å². The molecule has 7 nitrogen and oxygen atoms in total. The zero-order chi connectivity index (χ0) is 22.6. The lowest BCUT2D eigenvalue weighted by molar-refractivity contribution is 0.173. The van der Waals surface area contributed by atoms with Crippen LogP contribution < -0.4 is 29.6 Å². The monoisotopic (exact) mass is 446 g/mol. The van der Waals surface area contributed by atoms with Crippen LogP contribution >= 0.6 is 0 Å². The largest absolute Gasteiger partial charge is 0.454 e. The predicted octanol–water partition coefficient (Wildman–Crippen LogP) is 4.11. The first-order valence-electron chi connectivity index (χ1n) is 11.0. The fraction of sp³-hybridized carbons (Fsp3) is 0.269. The summed E-state index contributed by atoms with van der Waals surface area (Å²) in [5.74, 6) is 2.96. The second-order valence-electron chi connectivity index (χ2n) is 8.29. The number of carbonyl (C=O) groups excluding carboxylic acids is 1. The van der Waals surface area contributed by atoms with Gasteiger partial charge in [0, 0.05) is 12.6 Å². The third kappa shape index (κ3) is 5.14. The van der Waals surface area contributed by atoms with Gasteiger partial charge < -0.3 is 29.6 Å². The highest BCUT2D eigenvalue weighted by Gasteiger charge is 2.20. The van der Waals surface area contributed by atoms with Crippen molar-refractivity contribution < 1.29 is 23.7 Å². The minimum absolute atomic E-state index is 0.135. The highest BCUT2D eigenvalue weighted by molar-refractivity contribution is 5.74. The fourth-order valence-corrected chi connectivity index (χ4v) is 4.00. The van der Waals surface area contributed by atoms with E-state index in [0.717, 1.165) is 39.7 Å². The Labute approximate surface area is 192 Å². The SMILES string of the molecule is Cc1ccc(CNC(=O)NC(Cc2ccc3c(c2)OCO3)Cc2ccc3c(c2)OCO3)cc1. The minimum Gasteiger partial charge on any atom is -0.454 e. The Hall–Kier alpha value is -3.87. The molecule has 0 saturated heterocycles. The van der Waals surface area contributed by atoms with Gasteiger partial charge in [-0.15, -0.1) is 0 Å². The fourth-order valence-electron chi connectivity index (χ4n) is 4.00. The van der Waals surface area contributed by atoms with E-state index in [1.54, 1.807) is 0 Å². The predicted molar refractivity (Wildman–Crippen MR) is 123 cm³/mol. The van der Waals surface area contributed by atoms with Crippen molar-refractivity contribution in [2.75, 3.05) is 13.6 Å². The third-order valence-electron chi connectivity index (χ3n) is 5.75. The van der Waals surface area contributed by atoms with Gasteiger partial charge in [-0.2, -0.15) is 0 Å². The van der Waals surface area contributed by atoms with Gasteiger partial charge >= 0.3 is 6.03 Å². The summed E-state index contributed by atoms with van der Waals surface area (Å²) in [5, 5.41) is 6.10. The summed E-state index contributed by atoms with van der Waals surface area (Å²) in [6, 6.07) is 19.6. The maximum Gasteiger partial charge on any atom is 0.315 e. The Morgan fingerprint density at radius 3 is 1.85 bits per heavy atom. The number of carbonyl (C=O) groups is 1. The van der Waals surface area contributed by atoms with Gasteiger partial charge in [0.15, 0.2) is 23.0 Å². The van der Waals surface area contributed by atoms with Crippen LogP contribution in [0, 0.1) is 6.92 Å². The molecule has 0 fully saturated rings. The number of ether oxygens (including phenoxy) is 4. The van der Waals surface area contributed by atoms with Gasteiger partial charge in [-0.25, -0.2) is 4.79 Å². The van der Waals surface area contributed by atoms with E-state index in [9.17, 15) is 4.79 Å². The standard InChI is InChI=1S/C26H26N2O5/c1-17-2-4-18(5-3-17)14-27-26(29)28-21(10-19-6-8-22-24(12-19)32-15-30-22)11-20-7-9-23-25(13-20)33-16-31-23/h2-9,12-13,21H,10-11,14-16H2,1H3,(H2,27,28,29). The van der Waals surface area contributed by atoms with E-state index in [1.165, 1.54) is 5.56 Å². The molecule has 0 spiro atoms.